The number of hydrogen-bond acceptors (Lipinski definition) is 3. The normalized spacial score (nSPS) is 11.6. The minimum atomic E-state index is -4.59. The van der Waals surface area contributed by atoms with E-state index in [0.717, 1.165) is 6.20 Å². The van der Waals surface area contributed by atoms with E-state index in [1.54, 1.807) is 0 Å². The maximum Gasteiger partial charge on any atom is 0.302 e. The zero-order valence-electron chi connectivity index (χ0n) is 6.87. The minimum absolute atomic E-state index is 0.0151. The van der Waals surface area contributed by atoms with Crippen LogP contribution in [0.15, 0.2) is 12.3 Å². The number of halogens is 3. The molecule has 78 valence electrons. The maximum absolute atomic E-state index is 12.9. The lowest BCUT2D eigenvalue weighted by Crippen LogP contribution is -2.04. The molecule has 0 atom stereocenters. The van der Waals surface area contributed by atoms with E-state index in [2.05, 4.69) is 4.98 Å². The quantitative estimate of drug-likeness (QED) is 0.598. The molecule has 0 bridgehead atoms. The molecule has 1 aromatic heterocycles. The van der Waals surface area contributed by atoms with Crippen LogP contribution in [0.1, 0.15) is 5.56 Å². The molecule has 1 aromatic rings. The van der Waals surface area contributed by atoms with Gasteiger partial charge in [0.25, 0.3) is 0 Å². The van der Waals surface area contributed by atoms with E-state index in [1.807, 2.05) is 0 Å². The third-order valence-corrected chi connectivity index (χ3v) is 2.39. The summed E-state index contributed by atoms with van der Waals surface area (Å²) in [4.78, 5) is 3.26. The van der Waals surface area contributed by atoms with Crippen LogP contribution in [-0.4, -0.2) is 19.2 Å². The van der Waals surface area contributed by atoms with Crippen LogP contribution in [-0.2, 0) is 16.6 Å². The Morgan fingerprint density at radius 1 is 1.50 bits per heavy atom. The molecule has 1 rings (SSSR count). The van der Waals surface area contributed by atoms with Crippen molar-refractivity contribution in [1.82, 2.24) is 4.98 Å². The summed E-state index contributed by atoms with van der Waals surface area (Å²) in [5.41, 5.74) is -0.0151. The number of aryl methyl sites for hydroxylation is 1. The SMILES string of the molecule is O=S(=O)(F)CCc1cc(Cl)cnc1F. The van der Waals surface area contributed by atoms with Gasteiger partial charge in [-0.25, -0.2) is 4.98 Å². The van der Waals surface area contributed by atoms with Crippen molar-refractivity contribution in [2.75, 3.05) is 5.75 Å². The monoisotopic (exact) mass is 241 g/mol. The first-order chi connectivity index (χ1) is 6.38. The molecular weight excluding hydrogens is 236 g/mol. The van der Waals surface area contributed by atoms with Crippen molar-refractivity contribution in [1.29, 1.82) is 0 Å². The highest BCUT2D eigenvalue weighted by Crippen LogP contribution is 2.13. The van der Waals surface area contributed by atoms with Gasteiger partial charge in [-0.05, 0) is 12.5 Å². The van der Waals surface area contributed by atoms with Crippen LogP contribution in [0, 0.1) is 5.95 Å². The fourth-order valence-corrected chi connectivity index (χ4v) is 1.52. The summed E-state index contributed by atoms with van der Waals surface area (Å²) in [7, 11) is -4.59. The average Bonchev–Trinajstić information content (AvgIpc) is 2.05. The minimum Gasteiger partial charge on any atom is -0.227 e. The summed E-state index contributed by atoms with van der Waals surface area (Å²) in [6.45, 7) is 0. The number of pyridine rings is 1. The van der Waals surface area contributed by atoms with Gasteiger partial charge in [0.15, 0.2) is 0 Å². The van der Waals surface area contributed by atoms with Crippen molar-refractivity contribution in [3.05, 3.63) is 28.8 Å². The molecule has 7 heteroatoms. The Kier molecular flexibility index (Phi) is 3.38. The van der Waals surface area contributed by atoms with Crippen molar-refractivity contribution in [3.8, 4) is 0 Å². The molecule has 0 aliphatic heterocycles. The third-order valence-electron chi connectivity index (χ3n) is 1.49. The summed E-state index contributed by atoms with van der Waals surface area (Å²) in [5.74, 6) is -1.61. The molecule has 0 saturated heterocycles. The standard InChI is InChI=1S/C7H6ClF2NO2S/c8-6-3-5(7(9)11-4-6)1-2-14(10,12)13/h3-4H,1-2H2. The Morgan fingerprint density at radius 2 is 2.14 bits per heavy atom. The van der Waals surface area contributed by atoms with E-state index in [-0.39, 0.29) is 17.0 Å². The van der Waals surface area contributed by atoms with Gasteiger partial charge in [-0.15, -0.1) is 3.89 Å². The number of nitrogens with zero attached hydrogens (tertiary/aromatic N) is 1. The number of rotatable bonds is 3. The van der Waals surface area contributed by atoms with Crippen LogP contribution in [0.2, 0.25) is 5.02 Å². The second kappa shape index (κ2) is 4.18. The Balaban J connectivity index is 2.81. The molecule has 0 unspecified atom stereocenters. The van der Waals surface area contributed by atoms with Gasteiger partial charge in [0, 0.05) is 11.8 Å². The van der Waals surface area contributed by atoms with Crippen molar-refractivity contribution < 1.29 is 16.7 Å². The molecule has 14 heavy (non-hydrogen) atoms. The van der Waals surface area contributed by atoms with Crippen molar-refractivity contribution in [2.45, 2.75) is 6.42 Å². The molecule has 0 spiro atoms. The van der Waals surface area contributed by atoms with Gasteiger partial charge in [0.05, 0.1) is 10.8 Å². The maximum atomic E-state index is 12.9. The van der Waals surface area contributed by atoms with E-state index in [1.165, 1.54) is 6.07 Å². The Bertz CT molecular complexity index is 435. The summed E-state index contributed by atoms with van der Waals surface area (Å²) >= 11 is 5.49. The second-order valence-corrected chi connectivity index (χ2v) is 4.52. The average molecular weight is 242 g/mol. The molecule has 3 nitrogen and oxygen atoms in total. The van der Waals surface area contributed by atoms with Gasteiger partial charge >= 0.3 is 10.2 Å². The van der Waals surface area contributed by atoms with E-state index in [0.29, 0.717) is 0 Å². The van der Waals surface area contributed by atoms with Gasteiger partial charge in [-0.2, -0.15) is 12.8 Å². The molecule has 0 N–H and O–H groups in total. The van der Waals surface area contributed by atoms with Crippen LogP contribution < -0.4 is 0 Å². The fraction of sp³-hybridized carbons (Fsp3) is 0.286. The van der Waals surface area contributed by atoms with Crippen molar-refractivity contribution >= 4 is 21.8 Å². The predicted octanol–water partition coefficient (Wildman–Crippen LogP) is 1.72. The van der Waals surface area contributed by atoms with Gasteiger partial charge in [-0.3, -0.25) is 0 Å². The smallest absolute Gasteiger partial charge is 0.227 e. The van der Waals surface area contributed by atoms with Crippen LogP contribution >= 0.6 is 11.6 Å². The van der Waals surface area contributed by atoms with Crippen molar-refractivity contribution in [2.24, 2.45) is 0 Å². The first-order valence-electron chi connectivity index (χ1n) is 3.61. The lowest BCUT2D eigenvalue weighted by molar-refractivity contribution is 0.547. The number of hydrogen-bond donors (Lipinski definition) is 0. The van der Waals surface area contributed by atoms with Gasteiger partial charge in [0.2, 0.25) is 5.95 Å². The van der Waals surface area contributed by atoms with Crippen LogP contribution in [0.25, 0.3) is 0 Å². The molecule has 0 amide bonds. The summed E-state index contributed by atoms with van der Waals surface area (Å²) in [6, 6.07) is 1.22. The van der Waals surface area contributed by atoms with Crippen LogP contribution in [0.4, 0.5) is 8.28 Å². The fourth-order valence-electron chi connectivity index (χ4n) is 0.872. The second-order valence-electron chi connectivity index (χ2n) is 2.60. The van der Waals surface area contributed by atoms with Crippen molar-refractivity contribution in [3.63, 3.8) is 0 Å². The molecule has 0 aliphatic rings. The number of aromatic nitrogens is 1. The highest BCUT2D eigenvalue weighted by molar-refractivity contribution is 7.86. The summed E-state index contributed by atoms with van der Waals surface area (Å²) in [6.07, 6.45) is 0.808. The molecule has 0 saturated carbocycles. The predicted molar refractivity (Wildman–Crippen MR) is 47.8 cm³/mol. The van der Waals surface area contributed by atoms with Crippen LogP contribution in [0.5, 0.6) is 0 Å². The largest absolute Gasteiger partial charge is 0.302 e. The zero-order chi connectivity index (χ0) is 10.8. The molecule has 0 fully saturated rings. The lowest BCUT2D eigenvalue weighted by Gasteiger charge is -2.00. The zero-order valence-corrected chi connectivity index (χ0v) is 8.45. The molecular formula is C7H6ClF2NO2S. The third kappa shape index (κ3) is 3.55. The highest BCUT2D eigenvalue weighted by atomic mass is 35.5. The van der Waals surface area contributed by atoms with Gasteiger partial charge < -0.3 is 0 Å². The highest BCUT2D eigenvalue weighted by Gasteiger charge is 2.11. The Morgan fingerprint density at radius 3 is 2.71 bits per heavy atom. The van der Waals surface area contributed by atoms with Crippen LogP contribution in [0.3, 0.4) is 0 Å². The van der Waals surface area contributed by atoms with E-state index < -0.39 is 21.9 Å². The Hall–Kier alpha value is -0.750. The van der Waals surface area contributed by atoms with E-state index in [4.69, 9.17) is 11.6 Å². The lowest BCUT2D eigenvalue weighted by atomic mass is 10.2. The van der Waals surface area contributed by atoms with E-state index in [9.17, 15) is 16.7 Å². The first kappa shape index (κ1) is 11.3. The first-order valence-corrected chi connectivity index (χ1v) is 5.54. The summed E-state index contributed by atoms with van der Waals surface area (Å²) in [5, 5.41) is 0.178. The molecule has 1 heterocycles. The summed E-state index contributed by atoms with van der Waals surface area (Å²) < 4.78 is 45.3. The molecule has 0 aromatic carbocycles. The molecule has 0 radical (unpaired) electrons. The van der Waals surface area contributed by atoms with Gasteiger partial charge in [0.1, 0.15) is 0 Å². The Labute approximate surface area is 84.9 Å². The van der Waals surface area contributed by atoms with E-state index >= 15 is 0 Å². The van der Waals surface area contributed by atoms with Gasteiger partial charge in [-0.1, -0.05) is 11.6 Å². The topological polar surface area (TPSA) is 47.0 Å². The molecule has 0 aliphatic carbocycles.